The summed E-state index contributed by atoms with van der Waals surface area (Å²) in [5, 5.41) is 7.62. The molecule has 1 aromatic carbocycles. The minimum Gasteiger partial charge on any atom is -0.369 e. The Kier molecular flexibility index (Phi) is 10.2. The fourth-order valence-electron chi connectivity index (χ4n) is 2.71. The van der Waals surface area contributed by atoms with Gasteiger partial charge in [-0.15, -0.1) is 24.0 Å². The number of likely N-dealkylation sites (N-methyl/N-ethyl adjacent to an activating group) is 1. The molecule has 1 heterocycles. The Bertz CT molecular complexity index is 623. The molecule has 0 aliphatic carbocycles. The van der Waals surface area contributed by atoms with E-state index in [0.29, 0.717) is 12.0 Å². The minimum absolute atomic E-state index is 0. The first-order valence-corrected chi connectivity index (χ1v) is 9.55. The van der Waals surface area contributed by atoms with Gasteiger partial charge in [0, 0.05) is 50.0 Å². The van der Waals surface area contributed by atoms with Crippen LogP contribution >= 0.6 is 35.6 Å². The third-order valence-electron chi connectivity index (χ3n) is 4.59. The van der Waals surface area contributed by atoms with Gasteiger partial charge in [-0.1, -0.05) is 18.5 Å². The Labute approximate surface area is 184 Å². The summed E-state index contributed by atoms with van der Waals surface area (Å²) in [6, 6.07) is 8.52. The number of rotatable bonds is 6. The van der Waals surface area contributed by atoms with Crippen molar-refractivity contribution in [3.63, 3.8) is 0 Å². The van der Waals surface area contributed by atoms with E-state index < -0.39 is 0 Å². The lowest BCUT2D eigenvalue weighted by atomic mass is 10.2. The van der Waals surface area contributed by atoms with Crippen molar-refractivity contribution in [1.82, 2.24) is 15.5 Å². The molecule has 1 aliphatic rings. The average Bonchev–Trinajstić information content (AvgIpc) is 3.08. The van der Waals surface area contributed by atoms with Crippen LogP contribution in [-0.4, -0.2) is 62.6 Å². The molecule has 2 rings (SSSR count). The first-order valence-electron chi connectivity index (χ1n) is 9.17. The Hall–Kier alpha value is -1.22. The van der Waals surface area contributed by atoms with E-state index in [1.165, 1.54) is 5.69 Å². The van der Waals surface area contributed by atoms with Gasteiger partial charge in [0.2, 0.25) is 5.91 Å². The van der Waals surface area contributed by atoms with Crippen LogP contribution in [-0.2, 0) is 4.79 Å². The quantitative estimate of drug-likeness (QED) is 0.353. The van der Waals surface area contributed by atoms with Crippen LogP contribution in [0.2, 0.25) is 5.02 Å². The number of aliphatic imine (C=N–C) groups is 1. The lowest BCUT2D eigenvalue weighted by Crippen LogP contribution is -2.48. The summed E-state index contributed by atoms with van der Waals surface area (Å²) in [5.41, 5.74) is 1.18. The second kappa shape index (κ2) is 11.6. The molecule has 1 amide bonds. The number of nitrogens with zero attached hydrogens (tertiary/aromatic N) is 3. The number of carbonyl (C=O) groups excluding carboxylic acids is 1. The first-order chi connectivity index (χ1) is 12.4. The van der Waals surface area contributed by atoms with Gasteiger partial charge in [-0.2, -0.15) is 0 Å². The molecule has 8 heteroatoms. The monoisotopic (exact) mass is 507 g/mol. The Balaban J connectivity index is 0.00000364. The molecule has 0 aromatic heterocycles. The number of anilines is 1. The van der Waals surface area contributed by atoms with Gasteiger partial charge in [0.05, 0.1) is 0 Å². The highest BCUT2D eigenvalue weighted by Crippen LogP contribution is 2.22. The summed E-state index contributed by atoms with van der Waals surface area (Å²) in [5.74, 6) is 0.696. The normalized spacial score (nSPS) is 17.9. The number of benzene rings is 1. The van der Waals surface area contributed by atoms with Crippen LogP contribution in [0.4, 0.5) is 5.69 Å². The number of hydrogen-bond donors (Lipinski definition) is 2. The molecular weight excluding hydrogens is 477 g/mol. The highest BCUT2D eigenvalue weighted by Gasteiger charge is 2.24. The molecule has 152 valence electrons. The van der Waals surface area contributed by atoms with Gasteiger partial charge < -0.3 is 20.4 Å². The van der Waals surface area contributed by atoms with Gasteiger partial charge in [-0.05, 0) is 44.0 Å². The van der Waals surface area contributed by atoms with Gasteiger partial charge in [0.15, 0.2) is 5.96 Å². The molecule has 2 atom stereocenters. The van der Waals surface area contributed by atoms with Crippen LogP contribution in [0.25, 0.3) is 0 Å². The predicted molar refractivity (Wildman–Crippen MR) is 125 cm³/mol. The molecule has 0 bridgehead atoms. The van der Waals surface area contributed by atoms with Gasteiger partial charge >= 0.3 is 0 Å². The number of halogens is 2. The van der Waals surface area contributed by atoms with Crippen molar-refractivity contribution in [3.05, 3.63) is 29.3 Å². The van der Waals surface area contributed by atoms with Crippen molar-refractivity contribution in [2.45, 2.75) is 38.8 Å². The van der Waals surface area contributed by atoms with Crippen LogP contribution in [0, 0.1) is 0 Å². The largest absolute Gasteiger partial charge is 0.369 e. The molecule has 6 nitrogen and oxygen atoms in total. The van der Waals surface area contributed by atoms with Crippen LogP contribution < -0.4 is 15.5 Å². The smallest absolute Gasteiger partial charge is 0.243 e. The SMILES string of the molecule is CCC(C)NC(=NCC(=O)N(C)C)NC1CCN(c2ccc(Cl)cc2)C1.I. The zero-order valence-electron chi connectivity index (χ0n) is 16.5. The van der Waals surface area contributed by atoms with Gasteiger partial charge in [-0.3, -0.25) is 4.79 Å². The van der Waals surface area contributed by atoms with E-state index in [1.54, 1.807) is 19.0 Å². The van der Waals surface area contributed by atoms with Gasteiger partial charge in [-0.25, -0.2) is 4.99 Å². The van der Waals surface area contributed by atoms with Crippen LogP contribution in [0.5, 0.6) is 0 Å². The summed E-state index contributed by atoms with van der Waals surface area (Å²) >= 11 is 5.97. The summed E-state index contributed by atoms with van der Waals surface area (Å²) in [7, 11) is 3.49. The number of hydrogen-bond acceptors (Lipinski definition) is 3. The van der Waals surface area contributed by atoms with Crippen molar-refractivity contribution in [2.75, 3.05) is 38.6 Å². The van der Waals surface area contributed by atoms with Gasteiger partial charge in [0.1, 0.15) is 6.54 Å². The fourth-order valence-corrected chi connectivity index (χ4v) is 2.84. The van der Waals surface area contributed by atoms with E-state index in [2.05, 4.69) is 34.4 Å². The fraction of sp³-hybridized carbons (Fsp3) is 0.579. The van der Waals surface area contributed by atoms with Crippen molar-refractivity contribution < 1.29 is 4.79 Å². The van der Waals surface area contributed by atoms with Gasteiger partial charge in [0.25, 0.3) is 0 Å². The van der Waals surface area contributed by atoms with Crippen molar-refractivity contribution >= 4 is 53.1 Å². The molecule has 1 saturated heterocycles. The van der Waals surface area contributed by atoms with E-state index in [0.717, 1.165) is 31.0 Å². The number of guanidine groups is 1. The lowest BCUT2D eigenvalue weighted by molar-refractivity contribution is -0.127. The average molecular weight is 508 g/mol. The van der Waals surface area contributed by atoms with Crippen LogP contribution in [0.15, 0.2) is 29.3 Å². The van der Waals surface area contributed by atoms with Crippen LogP contribution in [0.3, 0.4) is 0 Å². The summed E-state index contributed by atoms with van der Waals surface area (Å²) in [6.45, 7) is 6.25. The minimum atomic E-state index is -0.00976. The number of carbonyl (C=O) groups is 1. The summed E-state index contributed by atoms with van der Waals surface area (Å²) in [4.78, 5) is 20.2. The first kappa shape index (κ1) is 23.8. The predicted octanol–water partition coefficient (Wildman–Crippen LogP) is 2.96. The zero-order chi connectivity index (χ0) is 19.1. The molecule has 2 N–H and O–H groups in total. The van der Waals surface area contributed by atoms with Crippen molar-refractivity contribution in [2.24, 2.45) is 4.99 Å². The molecule has 0 radical (unpaired) electrons. The van der Waals surface area contributed by atoms with E-state index >= 15 is 0 Å². The molecule has 2 unspecified atom stereocenters. The van der Waals surface area contributed by atoms with Crippen LogP contribution in [0.1, 0.15) is 26.7 Å². The standard InChI is InChI=1S/C19H30ClN5O.HI/c1-5-14(2)22-19(21-12-18(26)24(3)4)23-16-10-11-25(13-16)17-8-6-15(20)7-9-17;/h6-9,14,16H,5,10-13H2,1-4H3,(H2,21,22,23);1H. The van der Waals surface area contributed by atoms with E-state index in [4.69, 9.17) is 11.6 Å². The number of nitrogens with one attached hydrogen (secondary N) is 2. The van der Waals surface area contributed by atoms with Crippen molar-refractivity contribution in [1.29, 1.82) is 0 Å². The number of amides is 1. The maximum Gasteiger partial charge on any atom is 0.243 e. The molecular formula is C19H31ClIN5O. The second-order valence-corrected chi connectivity index (χ2v) is 7.40. The third kappa shape index (κ3) is 7.73. The zero-order valence-corrected chi connectivity index (χ0v) is 19.6. The maximum atomic E-state index is 11.8. The molecule has 0 saturated carbocycles. The molecule has 1 fully saturated rings. The van der Waals surface area contributed by atoms with E-state index in [9.17, 15) is 4.79 Å². The molecule has 27 heavy (non-hydrogen) atoms. The summed E-state index contributed by atoms with van der Waals surface area (Å²) < 4.78 is 0. The lowest BCUT2D eigenvalue weighted by Gasteiger charge is -2.22. The highest BCUT2D eigenvalue weighted by molar-refractivity contribution is 14.0. The Morgan fingerprint density at radius 2 is 2.04 bits per heavy atom. The van der Waals surface area contributed by atoms with E-state index in [1.807, 2.05) is 24.3 Å². The summed E-state index contributed by atoms with van der Waals surface area (Å²) in [6.07, 6.45) is 2.01. The van der Waals surface area contributed by atoms with Crippen molar-refractivity contribution in [3.8, 4) is 0 Å². The topological polar surface area (TPSA) is 60.0 Å². The molecule has 0 spiro atoms. The third-order valence-corrected chi connectivity index (χ3v) is 4.84. The van der Waals surface area contributed by atoms with E-state index in [-0.39, 0.29) is 42.5 Å². The maximum absolute atomic E-state index is 11.8. The Morgan fingerprint density at radius 1 is 1.37 bits per heavy atom. The Morgan fingerprint density at radius 3 is 2.63 bits per heavy atom. The molecule has 1 aliphatic heterocycles. The molecule has 1 aromatic rings. The second-order valence-electron chi connectivity index (χ2n) is 6.96. The highest BCUT2D eigenvalue weighted by atomic mass is 127.